The third kappa shape index (κ3) is 4.00. The number of anilines is 1. The zero-order valence-corrected chi connectivity index (χ0v) is 14.0. The summed E-state index contributed by atoms with van der Waals surface area (Å²) in [5.74, 6) is 1.14. The topological polar surface area (TPSA) is 85.6 Å². The van der Waals surface area contributed by atoms with Crippen LogP contribution in [0.5, 0.6) is 11.5 Å². The number of aldehydes is 1. The van der Waals surface area contributed by atoms with Crippen LogP contribution in [0.4, 0.5) is 5.69 Å². The van der Waals surface area contributed by atoms with E-state index in [1.54, 1.807) is 30.0 Å². The largest absolute Gasteiger partial charge is 0.497 e. The molecule has 25 heavy (non-hydrogen) atoms. The number of rotatable bonds is 8. The molecule has 0 radical (unpaired) electrons. The second-order valence-corrected chi connectivity index (χ2v) is 5.66. The molecule has 1 atom stereocenters. The first-order valence-corrected chi connectivity index (χ1v) is 8.13. The highest BCUT2D eigenvalue weighted by molar-refractivity contribution is 5.68. The van der Waals surface area contributed by atoms with Gasteiger partial charge in [-0.2, -0.15) is 5.10 Å². The molecular formula is C18H21N3O4. The fourth-order valence-electron chi connectivity index (χ4n) is 2.70. The number of carbonyl (C=O) groups excluding carboxylic acids is 1. The van der Waals surface area contributed by atoms with Gasteiger partial charge in [-0.05, 0) is 18.9 Å². The number of carbonyl (C=O) groups is 1. The Kier molecular flexibility index (Phi) is 5.35. The summed E-state index contributed by atoms with van der Waals surface area (Å²) in [4.78, 5) is 11.6. The van der Waals surface area contributed by atoms with Gasteiger partial charge in [-0.25, -0.2) is 4.68 Å². The Morgan fingerprint density at radius 3 is 2.92 bits per heavy atom. The fourth-order valence-corrected chi connectivity index (χ4v) is 2.70. The molecule has 0 spiro atoms. The van der Waals surface area contributed by atoms with Crippen molar-refractivity contribution < 1.29 is 19.4 Å². The number of aliphatic hydroxyl groups excluding tert-OH is 1. The first-order chi connectivity index (χ1) is 12.2. The number of nitrogens with zero attached hydrogens (tertiary/aromatic N) is 2. The van der Waals surface area contributed by atoms with Crippen LogP contribution in [-0.4, -0.2) is 41.5 Å². The number of nitrogens with one attached hydrogen (secondary N) is 1. The van der Waals surface area contributed by atoms with Crippen molar-refractivity contribution in [1.29, 1.82) is 0 Å². The Balaban J connectivity index is 1.82. The highest BCUT2D eigenvalue weighted by Crippen LogP contribution is 2.28. The molecule has 2 heterocycles. The third-order valence-corrected chi connectivity index (χ3v) is 3.90. The van der Waals surface area contributed by atoms with E-state index in [9.17, 15) is 4.79 Å². The van der Waals surface area contributed by atoms with Gasteiger partial charge < -0.3 is 24.7 Å². The summed E-state index contributed by atoms with van der Waals surface area (Å²) in [5, 5.41) is 16.5. The predicted molar refractivity (Wildman–Crippen MR) is 93.9 cm³/mol. The molecule has 1 aromatic heterocycles. The van der Waals surface area contributed by atoms with Crippen LogP contribution in [0, 0.1) is 0 Å². The number of aromatic nitrogens is 2. The number of aliphatic hydroxyl groups is 1. The van der Waals surface area contributed by atoms with Crippen molar-refractivity contribution in [3.63, 3.8) is 0 Å². The van der Waals surface area contributed by atoms with Crippen LogP contribution in [0.3, 0.4) is 0 Å². The molecule has 0 fully saturated rings. The molecule has 7 heteroatoms. The molecule has 1 aliphatic rings. The van der Waals surface area contributed by atoms with Crippen molar-refractivity contribution in [2.45, 2.75) is 18.9 Å². The quantitative estimate of drug-likeness (QED) is 0.714. The normalized spacial score (nSPS) is 13.8. The standard InChI is InChI=1S/C18H21N3O4/c1-24-15-8-13(9-16(11-15)25-7-6-22)19-18(12-23)17-10-14-4-2-3-5-21(14)20-17/h3,5,8-12,18-19,22H,2,4,6-7H2,1H3. The maximum absolute atomic E-state index is 11.6. The van der Waals surface area contributed by atoms with E-state index < -0.39 is 6.04 Å². The fraction of sp³-hybridized carbons (Fsp3) is 0.333. The van der Waals surface area contributed by atoms with E-state index in [2.05, 4.69) is 16.5 Å². The molecule has 2 aromatic rings. The van der Waals surface area contributed by atoms with E-state index in [1.807, 2.05) is 12.3 Å². The summed E-state index contributed by atoms with van der Waals surface area (Å²) in [7, 11) is 1.56. The lowest BCUT2D eigenvalue weighted by Crippen LogP contribution is -2.13. The van der Waals surface area contributed by atoms with Gasteiger partial charge in [0.1, 0.15) is 30.4 Å². The van der Waals surface area contributed by atoms with E-state index in [0.717, 1.165) is 24.8 Å². The van der Waals surface area contributed by atoms with Gasteiger partial charge >= 0.3 is 0 Å². The lowest BCUT2D eigenvalue weighted by Gasteiger charge is -2.15. The lowest BCUT2D eigenvalue weighted by atomic mass is 10.1. The van der Waals surface area contributed by atoms with Crippen LogP contribution in [0.1, 0.15) is 23.9 Å². The molecule has 2 N–H and O–H groups in total. The van der Waals surface area contributed by atoms with Gasteiger partial charge in [-0.3, -0.25) is 0 Å². The number of hydrogen-bond acceptors (Lipinski definition) is 6. The smallest absolute Gasteiger partial charge is 0.148 e. The van der Waals surface area contributed by atoms with Gasteiger partial charge in [0.15, 0.2) is 0 Å². The summed E-state index contributed by atoms with van der Waals surface area (Å²) in [6, 6.07) is 6.61. The summed E-state index contributed by atoms with van der Waals surface area (Å²) in [6.07, 6.45) is 6.68. The maximum atomic E-state index is 11.6. The van der Waals surface area contributed by atoms with Crippen molar-refractivity contribution in [3.05, 3.63) is 41.7 Å². The van der Waals surface area contributed by atoms with E-state index >= 15 is 0 Å². The molecular weight excluding hydrogens is 322 g/mol. The predicted octanol–water partition coefficient (Wildman–Crippen LogP) is 2.03. The van der Waals surface area contributed by atoms with E-state index in [1.165, 1.54) is 0 Å². The number of benzene rings is 1. The van der Waals surface area contributed by atoms with Gasteiger partial charge in [0, 0.05) is 35.8 Å². The number of aryl methyl sites for hydroxylation is 1. The number of hydrogen-bond donors (Lipinski definition) is 2. The van der Waals surface area contributed by atoms with Crippen LogP contribution in [0.15, 0.2) is 30.3 Å². The highest BCUT2D eigenvalue weighted by atomic mass is 16.5. The minimum atomic E-state index is -0.579. The minimum absolute atomic E-state index is 0.0787. The number of methoxy groups -OCH3 is 1. The first kappa shape index (κ1) is 17.0. The number of fused-ring (bicyclic) bond motifs is 1. The Bertz CT molecular complexity index is 770. The molecule has 7 nitrogen and oxygen atoms in total. The highest BCUT2D eigenvalue weighted by Gasteiger charge is 2.18. The second-order valence-electron chi connectivity index (χ2n) is 5.66. The Morgan fingerprint density at radius 2 is 2.20 bits per heavy atom. The van der Waals surface area contributed by atoms with Crippen molar-refractivity contribution in [2.24, 2.45) is 0 Å². The number of ether oxygens (including phenoxy) is 2. The Labute approximate surface area is 145 Å². The van der Waals surface area contributed by atoms with Gasteiger partial charge in [0.2, 0.25) is 0 Å². The van der Waals surface area contributed by atoms with Gasteiger partial charge in [0.25, 0.3) is 0 Å². The molecule has 1 aromatic carbocycles. The van der Waals surface area contributed by atoms with Crippen molar-refractivity contribution in [2.75, 3.05) is 25.6 Å². The van der Waals surface area contributed by atoms with Crippen LogP contribution >= 0.6 is 0 Å². The molecule has 0 saturated carbocycles. The molecule has 0 aliphatic carbocycles. The van der Waals surface area contributed by atoms with Gasteiger partial charge in [0.05, 0.1) is 19.4 Å². The zero-order chi connectivity index (χ0) is 17.6. The summed E-state index contributed by atoms with van der Waals surface area (Å²) >= 11 is 0. The van der Waals surface area contributed by atoms with E-state index in [0.29, 0.717) is 22.9 Å². The average Bonchev–Trinajstić information content (AvgIpc) is 3.08. The molecule has 1 unspecified atom stereocenters. The summed E-state index contributed by atoms with van der Waals surface area (Å²) in [5.41, 5.74) is 2.42. The van der Waals surface area contributed by atoms with Crippen LogP contribution in [0.2, 0.25) is 0 Å². The van der Waals surface area contributed by atoms with Crippen LogP contribution in [0.25, 0.3) is 6.20 Å². The zero-order valence-electron chi connectivity index (χ0n) is 14.0. The van der Waals surface area contributed by atoms with E-state index in [-0.39, 0.29) is 13.2 Å². The third-order valence-electron chi connectivity index (χ3n) is 3.90. The van der Waals surface area contributed by atoms with Crippen molar-refractivity contribution >= 4 is 18.2 Å². The summed E-state index contributed by atoms with van der Waals surface area (Å²) in [6.45, 7) is 0.106. The second kappa shape index (κ2) is 7.85. The van der Waals surface area contributed by atoms with Gasteiger partial charge in [-0.1, -0.05) is 6.08 Å². The number of allylic oxidation sites excluding steroid dienone is 1. The molecule has 132 valence electrons. The van der Waals surface area contributed by atoms with Crippen LogP contribution in [-0.2, 0) is 11.2 Å². The SMILES string of the molecule is COc1cc(NC(C=O)c2cc3n(n2)C=CCC3)cc(OCCO)c1. The summed E-state index contributed by atoms with van der Waals surface area (Å²) < 4.78 is 12.5. The lowest BCUT2D eigenvalue weighted by molar-refractivity contribution is -0.108. The Hall–Kier alpha value is -2.80. The monoisotopic (exact) mass is 343 g/mol. The Morgan fingerprint density at radius 1 is 1.36 bits per heavy atom. The van der Waals surface area contributed by atoms with E-state index in [4.69, 9.17) is 14.6 Å². The minimum Gasteiger partial charge on any atom is -0.497 e. The molecule has 0 bridgehead atoms. The first-order valence-electron chi connectivity index (χ1n) is 8.13. The average molecular weight is 343 g/mol. The maximum Gasteiger partial charge on any atom is 0.148 e. The molecule has 1 aliphatic heterocycles. The van der Waals surface area contributed by atoms with Gasteiger partial charge in [-0.15, -0.1) is 0 Å². The molecule has 0 saturated heterocycles. The van der Waals surface area contributed by atoms with Crippen molar-refractivity contribution in [1.82, 2.24) is 9.78 Å². The van der Waals surface area contributed by atoms with Crippen LogP contribution < -0.4 is 14.8 Å². The van der Waals surface area contributed by atoms with Crippen molar-refractivity contribution in [3.8, 4) is 11.5 Å². The molecule has 3 rings (SSSR count). The molecule has 0 amide bonds.